The van der Waals surface area contributed by atoms with Crippen LogP contribution in [-0.2, 0) is 4.74 Å². The van der Waals surface area contributed by atoms with Crippen LogP contribution in [0.4, 0.5) is 0 Å². The van der Waals surface area contributed by atoms with E-state index in [1.54, 1.807) is 0 Å². The molecule has 1 spiro atoms. The Bertz CT molecular complexity index is 257. The summed E-state index contributed by atoms with van der Waals surface area (Å²) in [5.74, 6) is 2.75. The highest BCUT2D eigenvalue weighted by Crippen LogP contribution is 2.38. The molecule has 0 amide bonds. The van der Waals surface area contributed by atoms with Crippen LogP contribution < -0.4 is 5.32 Å². The molecule has 0 radical (unpaired) electrons. The van der Waals surface area contributed by atoms with Crippen LogP contribution >= 0.6 is 0 Å². The van der Waals surface area contributed by atoms with Gasteiger partial charge < -0.3 is 10.1 Å². The van der Waals surface area contributed by atoms with Crippen molar-refractivity contribution in [1.29, 1.82) is 0 Å². The third-order valence-corrected chi connectivity index (χ3v) is 3.99. The molecule has 2 fully saturated rings. The van der Waals surface area contributed by atoms with E-state index in [2.05, 4.69) is 18.2 Å². The molecule has 0 aromatic carbocycles. The van der Waals surface area contributed by atoms with Gasteiger partial charge in [0, 0.05) is 12.6 Å². The molecule has 1 saturated heterocycles. The van der Waals surface area contributed by atoms with Gasteiger partial charge in [-0.15, -0.1) is 6.42 Å². The lowest BCUT2D eigenvalue weighted by Crippen LogP contribution is -2.49. The molecule has 16 heavy (non-hydrogen) atoms. The van der Waals surface area contributed by atoms with Crippen LogP contribution in [0, 0.1) is 12.3 Å². The fourth-order valence-corrected chi connectivity index (χ4v) is 3.12. The number of hydrogen-bond donors (Lipinski definition) is 1. The van der Waals surface area contributed by atoms with Gasteiger partial charge in [0.05, 0.1) is 11.6 Å². The summed E-state index contributed by atoms with van der Waals surface area (Å²) in [4.78, 5) is 0. The van der Waals surface area contributed by atoms with E-state index in [1.807, 2.05) is 0 Å². The van der Waals surface area contributed by atoms with E-state index < -0.39 is 0 Å². The Morgan fingerprint density at radius 1 is 1.38 bits per heavy atom. The summed E-state index contributed by atoms with van der Waals surface area (Å²) >= 11 is 0. The van der Waals surface area contributed by atoms with E-state index in [9.17, 15) is 0 Å². The summed E-state index contributed by atoms with van der Waals surface area (Å²) in [7, 11) is 0. The van der Waals surface area contributed by atoms with Gasteiger partial charge in [-0.2, -0.15) is 0 Å². The highest BCUT2D eigenvalue weighted by Gasteiger charge is 2.38. The molecule has 1 aliphatic carbocycles. The number of ether oxygens (including phenoxy) is 1. The molecule has 1 heterocycles. The van der Waals surface area contributed by atoms with Crippen LogP contribution in [0.2, 0.25) is 0 Å². The zero-order valence-corrected chi connectivity index (χ0v) is 10.3. The van der Waals surface area contributed by atoms with Crippen molar-refractivity contribution in [2.75, 3.05) is 6.61 Å². The third-order valence-electron chi connectivity index (χ3n) is 3.99. The van der Waals surface area contributed by atoms with E-state index in [1.165, 1.54) is 32.1 Å². The molecule has 2 atom stereocenters. The van der Waals surface area contributed by atoms with Crippen molar-refractivity contribution in [2.45, 2.75) is 69.6 Å². The molecule has 2 aliphatic rings. The first-order valence-corrected chi connectivity index (χ1v) is 6.60. The van der Waals surface area contributed by atoms with Crippen LogP contribution in [0.1, 0.15) is 51.9 Å². The molecule has 0 aromatic heterocycles. The van der Waals surface area contributed by atoms with Gasteiger partial charge in [-0.3, -0.25) is 0 Å². The zero-order chi connectivity index (χ0) is 11.4. The van der Waals surface area contributed by atoms with E-state index >= 15 is 0 Å². The summed E-state index contributed by atoms with van der Waals surface area (Å²) in [5, 5.41) is 3.52. The number of hydrogen-bond acceptors (Lipinski definition) is 2. The van der Waals surface area contributed by atoms with Crippen molar-refractivity contribution in [3.05, 3.63) is 0 Å². The van der Waals surface area contributed by atoms with Gasteiger partial charge in [-0.05, 0) is 32.6 Å². The molecule has 1 saturated carbocycles. The second-order valence-electron chi connectivity index (χ2n) is 5.34. The molecule has 0 aromatic rings. The molecule has 2 heteroatoms. The topological polar surface area (TPSA) is 21.3 Å². The number of nitrogens with one attached hydrogen (secondary N) is 1. The maximum atomic E-state index is 6.06. The smallest absolute Gasteiger partial charge is 0.0697 e. The van der Waals surface area contributed by atoms with Crippen molar-refractivity contribution in [3.8, 4) is 12.3 Å². The van der Waals surface area contributed by atoms with Gasteiger partial charge in [0.15, 0.2) is 0 Å². The van der Waals surface area contributed by atoms with Crippen LogP contribution in [0.3, 0.4) is 0 Å². The molecule has 2 unspecified atom stereocenters. The molecule has 0 bridgehead atoms. The van der Waals surface area contributed by atoms with E-state index in [0.29, 0.717) is 6.04 Å². The Labute approximate surface area is 99.1 Å². The highest BCUT2D eigenvalue weighted by molar-refractivity contribution is 4.99. The summed E-state index contributed by atoms with van der Waals surface area (Å²) < 4.78 is 6.06. The van der Waals surface area contributed by atoms with Crippen molar-refractivity contribution >= 4 is 0 Å². The summed E-state index contributed by atoms with van der Waals surface area (Å²) in [6.45, 7) is 2.96. The van der Waals surface area contributed by atoms with Crippen LogP contribution in [-0.4, -0.2) is 24.3 Å². The van der Waals surface area contributed by atoms with Crippen molar-refractivity contribution in [2.24, 2.45) is 0 Å². The lowest BCUT2D eigenvalue weighted by molar-refractivity contribution is -0.109. The average Bonchev–Trinajstić information content (AvgIpc) is 2.30. The lowest BCUT2D eigenvalue weighted by atomic mass is 9.78. The minimum atomic E-state index is 0.183. The van der Waals surface area contributed by atoms with Gasteiger partial charge in [0.25, 0.3) is 0 Å². The molecule has 90 valence electrons. The van der Waals surface area contributed by atoms with Gasteiger partial charge in [0.2, 0.25) is 0 Å². The Balaban J connectivity index is 1.90. The maximum absolute atomic E-state index is 6.06. The van der Waals surface area contributed by atoms with Crippen LogP contribution in [0.15, 0.2) is 0 Å². The Morgan fingerprint density at radius 3 is 2.81 bits per heavy atom. The SMILES string of the molecule is C#CC(C)NC1CCOC2(CCCCC2)C1. The molecule has 2 rings (SSSR count). The largest absolute Gasteiger partial charge is 0.375 e. The predicted molar refractivity (Wildman–Crippen MR) is 66.2 cm³/mol. The molecule has 1 aliphatic heterocycles. The average molecular weight is 221 g/mol. The van der Waals surface area contributed by atoms with Crippen LogP contribution in [0.5, 0.6) is 0 Å². The first-order chi connectivity index (χ1) is 7.74. The first-order valence-electron chi connectivity index (χ1n) is 6.60. The first kappa shape index (κ1) is 12.0. The van der Waals surface area contributed by atoms with Gasteiger partial charge in [0.1, 0.15) is 0 Å². The Kier molecular flexibility index (Phi) is 3.89. The van der Waals surface area contributed by atoms with Gasteiger partial charge in [-0.1, -0.05) is 25.2 Å². The quantitative estimate of drug-likeness (QED) is 0.723. The van der Waals surface area contributed by atoms with Crippen molar-refractivity contribution < 1.29 is 4.74 Å². The minimum Gasteiger partial charge on any atom is -0.375 e. The van der Waals surface area contributed by atoms with Gasteiger partial charge >= 0.3 is 0 Å². The Morgan fingerprint density at radius 2 is 2.12 bits per heavy atom. The van der Waals surface area contributed by atoms with E-state index in [4.69, 9.17) is 11.2 Å². The standard InChI is InChI=1S/C14H23NO/c1-3-12(2)15-13-7-10-16-14(11-13)8-5-4-6-9-14/h1,12-13,15H,4-11H2,2H3. The summed E-state index contributed by atoms with van der Waals surface area (Å²) in [5.41, 5.74) is 0.183. The fourth-order valence-electron chi connectivity index (χ4n) is 3.12. The molecular weight excluding hydrogens is 198 g/mol. The summed E-state index contributed by atoms with van der Waals surface area (Å²) in [6.07, 6.45) is 14.2. The number of rotatable bonds is 2. The number of terminal acetylenes is 1. The second-order valence-corrected chi connectivity index (χ2v) is 5.34. The van der Waals surface area contributed by atoms with Gasteiger partial charge in [-0.25, -0.2) is 0 Å². The normalized spacial score (nSPS) is 30.9. The summed E-state index contributed by atoms with van der Waals surface area (Å²) in [6, 6.07) is 0.738. The molecular formula is C14H23NO. The van der Waals surface area contributed by atoms with E-state index in [-0.39, 0.29) is 11.6 Å². The maximum Gasteiger partial charge on any atom is 0.0697 e. The predicted octanol–water partition coefficient (Wildman–Crippen LogP) is 2.48. The Hall–Kier alpha value is -0.520. The molecule has 1 N–H and O–H groups in total. The highest BCUT2D eigenvalue weighted by atomic mass is 16.5. The van der Waals surface area contributed by atoms with E-state index in [0.717, 1.165) is 19.4 Å². The zero-order valence-electron chi connectivity index (χ0n) is 10.3. The third kappa shape index (κ3) is 2.78. The molecule has 2 nitrogen and oxygen atoms in total. The fraction of sp³-hybridized carbons (Fsp3) is 0.857. The van der Waals surface area contributed by atoms with Crippen molar-refractivity contribution in [3.63, 3.8) is 0 Å². The van der Waals surface area contributed by atoms with Crippen LogP contribution in [0.25, 0.3) is 0 Å². The minimum absolute atomic E-state index is 0.183. The lowest BCUT2D eigenvalue weighted by Gasteiger charge is -2.44. The van der Waals surface area contributed by atoms with Crippen molar-refractivity contribution in [1.82, 2.24) is 5.32 Å². The monoisotopic (exact) mass is 221 g/mol. The second kappa shape index (κ2) is 5.21.